The van der Waals surface area contributed by atoms with Crippen molar-refractivity contribution in [2.75, 3.05) is 38.8 Å². The predicted molar refractivity (Wildman–Crippen MR) is 88.4 cm³/mol. The Kier molecular flexibility index (Phi) is 5.87. The molecular formula is C16H25BrN2O. The first-order chi connectivity index (χ1) is 9.61. The van der Waals surface area contributed by atoms with Gasteiger partial charge in [0.05, 0.1) is 0 Å². The summed E-state index contributed by atoms with van der Waals surface area (Å²) in [5.41, 5.74) is 2.66. The fourth-order valence-corrected chi connectivity index (χ4v) is 3.17. The van der Waals surface area contributed by atoms with E-state index in [4.69, 9.17) is 4.74 Å². The van der Waals surface area contributed by atoms with Gasteiger partial charge >= 0.3 is 0 Å². The van der Waals surface area contributed by atoms with Crippen LogP contribution < -0.4 is 10.2 Å². The molecule has 0 radical (unpaired) electrons. The molecule has 1 N–H and O–H groups in total. The van der Waals surface area contributed by atoms with E-state index in [1.807, 2.05) is 7.05 Å². The summed E-state index contributed by atoms with van der Waals surface area (Å²) in [4.78, 5) is 2.39. The van der Waals surface area contributed by atoms with Gasteiger partial charge in [0.25, 0.3) is 0 Å². The molecule has 4 heteroatoms. The standard InChI is InChI=1S/C16H25BrN2O/c1-12(18-2)15-10-14(17)4-5-16(15)19(3)11-13-6-8-20-9-7-13/h4-5,10,12-13,18H,6-9,11H2,1-3H3. The third-order valence-corrected chi connectivity index (χ3v) is 4.67. The summed E-state index contributed by atoms with van der Waals surface area (Å²) in [5, 5.41) is 3.34. The number of hydrogen-bond acceptors (Lipinski definition) is 3. The topological polar surface area (TPSA) is 24.5 Å². The molecule has 1 aliphatic rings. The summed E-state index contributed by atoms with van der Waals surface area (Å²) in [5.74, 6) is 0.745. The molecule has 0 aliphatic carbocycles. The number of halogens is 1. The Morgan fingerprint density at radius 3 is 2.75 bits per heavy atom. The molecule has 1 unspecified atom stereocenters. The highest BCUT2D eigenvalue weighted by Crippen LogP contribution is 2.30. The van der Waals surface area contributed by atoms with E-state index in [0.29, 0.717) is 6.04 Å². The van der Waals surface area contributed by atoms with E-state index in [-0.39, 0.29) is 0 Å². The number of ether oxygens (including phenoxy) is 1. The third kappa shape index (κ3) is 3.96. The normalized spacial score (nSPS) is 18.0. The van der Waals surface area contributed by atoms with Crippen LogP contribution in [0.25, 0.3) is 0 Å². The lowest BCUT2D eigenvalue weighted by atomic mass is 9.98. The predicted octanol–water partition coefficient (Wildman–Crippen LogP) is 3.59. The average Bonchev–Trinajstić information content (AvgIpc) is 2.47. The van der Waals surface area contributed by atoms with Crippen LogP contribution in [0.2, 0.25) is 0 Å². The highest BCUT2D eigenvalue weighted by molar-refractivity contribution is 9.10. The summed E-state index contributed by atoms with van der Waals surface area (Å²) in [6.07, 6.45) is 2.36. The monoisotopic (exact) mass is 340 g/mol. The zero-order valence-electron chi connectivity index (χ0n) is 12.7. The van der Waals surface area contributed by atoms with Gasteiger partial charge in [-0.05, 0) is 56.5 Å². The second kappa shape index (κ2) is 7.43. The molecule has 1 atom stereocenters. The highest BCUT2D eigenvalue weighted by atomic mass is 79.9. The van der Waals surface area contributed by atoms with Crippen LogP contribution in [0, 0.1) is 5.92 Å². The molecular weight excluding hydrogens is 316 g/mol. The van der Waals surface area contributed by atoms with E-state index < -0.39 is 0 Å². The van der Waals surface area contributed by atoms with Gasteiger partial charge in [-0.3, -0.25) is 0 Å². The van der Waals surface area contributed by atoms with E-state index in [1.54, 1.807) is 0 Å². The van der Waals surface area contributed by atoms with Crippen molar-refractivity contribution >= 4 is 21.6 Å². The number of nitrogens with one attached hydrogen (secondary N) is 1. The van der Waals surface area contributed by atoms with Crippen molar-refractivity contribution in [2.24, 2.45) is 5.92 Å². The van der Waals surface area contributed by atoms with E-state index in [9.17, 15) is 0 Å². The molecule has 0 bridgehead atoms. The summed E-state index contributed by atoms with van der Waals surface area (Å²) in [6.45, 7) is 5.14. The Balaban J connectivity index is 2.13. The van der Waals surface area contributed by atoms with E-state index in [1.165, 1.54) is 24.1 Å². The van der Waals surface area contributed by atoms with Crippen LogP contribution in [0.3, 0.4) is 0 Å². The van der Waals surface area contributed by atoms with Gasteiger partial charge in [-0.1, -0.05) is 15.9 Å². The lowest BCUT2D eigenvalue weighted by Gasteiger charge is -2.31. The number of hydrogen-bond donors (Lipinski definition) is 1. The molecule has 0 amide bonds. The Morgan fingerprint density at radius 2 is 2.10 bits per heavy atom. The first-order valence-corrected chi connectivity index (χ1v) is 8.16. The zero-order chi connectivity index (χ0) is 14.5. The van der Waals surface area contributed by atoms with Crippen molar-refractivity contribution in [2.45, 2.75) is 25.8 Å². The second-order valence-corrected chi connectivity index (χ2v) is 6.57. The van der Waals surface area contributed by atoms with E-state index >= 15 is 0 Å². The molecule has 112 valence electrons. The van der Waals surface area contributed by atoms with Gasteiger partial charge < -0.3 is 15.0 Å². The molecule has 1 heterocycles. The molecule has 1 aromatic rings. The lowest BCUT2D eigenvalue weighted by Crippen LogP contribution is -2.30. The molecule has 1 fully saturated rings. The third-order valence-electron chi connectivity index (χ3n) is 4.17. The number of benzene rings is 1. The van der Waals surface area contributed by atoms with Crippen LogP contribution in [-0.2, 0) is 4.74 Å². The van der Waals surface area contributed by atoms with Crippen molar-refractivity contribution in [3.63, 3.8) is 0 Å². The maximum absolute atomic E-state index is 5.45. The first-order valence-electron chi connectivity index (χ1n) is 7.37. The fraction of sp³-hybridized carbons (Fsp3) is 0.625. The van der Waals surface area contributed by atoms with Crippen molar-refractivity contribution in [3.05, 3.63) is 28.2 Å². The van der Waals surface area contributed by atoms with Crippen molar-refractivity contribution in [3.8, 4) is 0 Å². The summed E-state index contributed by atoms with van der Waals surface area (Å²) < 4.78 is 6.58. The maximum atomic E-state index is 5.45. The Morgan fingerprint density at radius 1 is 1.40 bits per heavy atom. The average molecular weight is 341 g/mol. The molecule has 1 aromatic carbocycles. The number of nitrogens with zero attached hydrogens (tertiary/aromatic N) is 1. The molecule has 20 heavy (non-hydrogen) atoms. The van der Waals surface area contributed by atoms with Gasteiger partial charge in [0.2, 0.25) is 0 Å². The largest absolute Gasteiger partial charge is 0.381 e. The van der Waals surface area contributed by atoms with Crippen LogP contribution in [0.15, 0.2) is 22.7 Å². The molecule has 1 saturated heterocycles. The van der Waals surface area contributed by atoms with Gasteiger partial charge in [0.1, 0.15) is 0 Å². The minimum Gasteiger partial charge on any atom is -0.381 e. The smallest absolute Gasteiger partial charge is 0.0469 e. The van der Waals surface area contributed by atoms with Crippen LogP contribution >= 0.6 is 15.9 Å². The van der Waals surface area contributed by atoms with Gasteiger partial charge in [-0.15, -0.1) is 0 Å². The molecule has 0 saturated carbocycles. The lowest BCUT2D eigenvalue weighted by molar-refractivity contribution is 0.0685. The molecule has 3 nitrogen and oxygen atoms in total. The highest BCUT2D eigenvalue weighted by Gasteiger charge is 2.18. The second-order valence-electron chi connectivity index (χ2n) is 5.65. The maximum Gasteiger partial charge on any atom is 0.0469 e. The first kappa shape index (κ1) is 15.8. The Labute approximate surface area is 130 Å². The number of rotatable bonds is 5. The molecule has 0 aromatic heterocycles. The van der Waals surface area contributed by atoms with Crippen molar-refractivity contribution in [1.29, 1.82) is 0 Å². The quantitative estimate of drug-likeness (QED) is 0.886. The Bertz CT molecular complexity index is 432. The Hall–Kier alpha value is -0.580. The van der Waals surface area contributed by atoms with Crippen LogP contribution in [0.1, 0.15) is 31.4 Å². The molecule has 2 rings (SSSR count). The van der Waals surface area contributed by atoms with Crippen molar-refractivity contribution < 1.29 is 4.74 Å². The van der Waals surface area contributed by atoms with Crippen LogP contribution in [-0.4, -0.2) is 33.9 Å². The summed E-state index contributed by atoms with van der Waals surface area (Å²) in [7, 11) is 4.21. The van der Waals surface area contributed by atoms with Gasteiger partial charge in [0, 0.05) is 43.0 Å². The van der Waals surface area contributed by atoms with Gasteiger partial charge in [0.15, 0.2) is 0 Å². The van der Waals surface area contributed by atoms with Gasteiger partial charge in [-0.25, -0.2) is 0 Å². The van der Waals surface area contributed by atoms with Gasteiger partial charge in [-0.2, -0.15) is 0 Å². The zero-order valence-corrected chi connectivity index (χ0v) is 14.2. The van der Waals surface area contributed by atoms with E-state index in [2.05, 4.69) is 58.3 Å². The minimum atomic E-state index is 0.347. The fourth-order valence-electron chi connectivity index (χ4n) is 2.79. The summed E-state index contributed by atoms with van der Waals surface area (Å²) in [6, 6.07) is 6.91. The SMILES string of the molecule is CNC(C)c1cc(Br)ccc1N(C)CC1CCOCC1. The number of anilines is 1. The molecule has 1 aliphatic heterocycles. The van der Waals surface area contributed by atoms with E-state index in [0.717, 1.165) is 30.1 Å². The minimum absolute atomic E-state index is 0.347. The van der Waals surface area contributed by atoms with Crippen LogP contribution in [0.4, 0.5) is 5.69 Å². The summed E-state index contributed by atoms with van der Waals surface area (Å²) >= 11 is 3.58. The van der Waals surface area contributed by atoms with Crippen molar-refractivity contribution in [1.82, 2.24) is 5.32 Å². The molecule has 0 spiro atoms. The van der Waals surface area contributed by atoms with Crippen LogP contribution in [0.5, 0.6) is 0 Å².